The molecule has 0 saturated carbocycles. The van der Waals surface area contributed by atoms with Gasteiger partial charge in [-0.3, -0.25) is 9.80 Å². The van der Waals surface area contributed by atoms with Gasteiger partial charge < -0.3 is 0 Å². The standard InChI is InChI=1S/C10H17F3N2/c1-7(2)15-5-4-14(3)8(6-15)9(11)10(12)13/h7-8H,4-6H2,1-3H3. The fraction of sp³-hybridized carbons (Fsp3) is 0.800. The molecule has 1 atom stereocenters. The van der Waals surface area contributed by atoms with Crippen LogP contribution in [0, 0.1) is 0 Å². The van der Waals surface area contributed by atoms with Crippen LogP contribution in [0.4, 0.5) is 13.2 Å². The highest BCUT2D eigenvalue weighted by atomic mass is 19.3. The van der Waals surface area contributed by atoms with Crippen molar-refractivity contribution in [3.8, 4) is 0 Å². The maximum Gasteiger partial charge on any atom is 0.303 e. The van der Waals surface area contributed by atoms with Gasteiger partial charge in [0.2, 0.25) is 0 Å². The van der Waals surface area contributed by atoms with Crippen molar-refractivity contribution in [1.82, 2.24) is 9.80 Å². The Morgan fingerprint density at radius 2 is 1.80 bits per heavy atom. The monoisotopic (exact) mass is 222 g/mol. The second kappa shape index (κ2) is 4.99. The Morgan fingerprint density at radius 1 is 1.20 bits per heavy atom. The van der Waals surface area contributed by atoms with Crippen LogP contribution in [0.5, 0.6) is 0 Å². The SMILES string of the molecule is CC(C)N1CCN(C)C(C(F)=C(F)F)C1. The molecule has 1 saturated heterocycles. The van der Waals surface area contributed by atoms with E-state index in [2.05, 4.69) is 0 Å². The molecule has 1 heterocycles. The van der Waals surface area contributed by atoms with Crippen LogP contribution < -0.4 is 0 Å². The number of hydrogen-bond donors (Lipinski definition) is 0. The van der Waals surface area contributed by atoms with Gasteiger partial charge in [-0.1, -0.05) is 0 Å². The number of likely N-dealkylation sites (N-methyl/N-ethyl adjacent to an activating group) is 1. The lowest BCUT2D eigenvalue weighted by molar-refractivity contribution is 0.0764. The van der Waals surface area contributed by atoms with E-state index in [1.807, 2.05) is 18.7 Å². The Labute approximate surface area is 88.3 Å². The lowest BCUT2D eigenvalue weighted by Crippen LogP contribution is -2.53. The number of piperazine rings is 1. The average molecular weight is 222 g/mol. The van der Waals surface area contributed by atoms with Gasteiger partial charge in [0, 0.05) is 25.7 Å². The Bertz CT molecular complexity index is 249. The number of hydrogen-bond acceptors (Lipinski definition) is 2. The number of nitrogens with zero attached hydrogens (tertiary/aromatic N) is 2. The molecule has 2 nitrogen and oxygen atoms in total. The van der Waals surface area contributed by atoms with Crippen LogP contribution in [0.1, 0.15) is 13.8 Å². The van der Waals surface area contributed by atoms with Crippen LogP contribution in [0.25, 0.3) is 0 Å². The lowest BCUT2D eigenvalue weighted by Gasteiger charge is -2.40. The summed E-state index contributed by atoms with van der Waals surface area (Å²) in [6, 6.07) is -0.539. The molecule has 1 aliphatic rings. The van der Waals surface area contributed by atoms with E-state index >= 15 is 0 Å². The summed E-state index contributed by atoms with van der Waals surface area (Å²) < 4.78 is 37.5. The van der Waals surface area contributed by atoms with Gasteiger partial charge in [0.25, 0.3) is 0 Å². The fourth-order valence-corrected chi connectivity index (χ4v) is 1.76. The van der Waals surface area contributed by atoms with Gasteiger partial charge in [-0.25, -0.2) is 4.39 Å². The highest BCUT2D eigenvalue weighted by Gasteiger charge is 2.31. The van der Waals surface area contributed by atoms with E-state index in [-0.39, 0.29) is 6.04 Å². The Kier molecular flexibility index (Phi) is 4.16. The largest absolute Gasteiger partial charge is 0.303 e. The number of halogens is 3. The van der Waals surface area contributed by atoms with Gasteiger partial charge in [-0.15, -0.1) is 0 Å². The van der Waals surface area contributed by atoms with Crippen LogP contribution >= 0.6 is 0 Å². The van der Waals surface area contributed by atoms with E-state index in [1.165, 1.54) is 0 Å². The molecule has 5 heteroatoms. The molecular formula is C10H17F3N2. The molecule has 0 spiro atoms. The molecule has 1 aliphatic heterocycles. The van der Waals surface area contributed by atoms with Gasteiger partial charge in [-0.05, 0) is 20.9 Å². The van der Waals surface area contributed by atoms with Crippen LogP contribution in [0.15, 0.2) is 11.9 Å². The average Bonchev–Trinajstić information content (AvgIpc) is 2.16. The summed E-state index contributed by atoms with van der Waals surface area (Å²) in [5.41, 5.74) is 0. The van der Waals surface area contributed by atoms with Gasteiger partial charge in [0.1, 0.15) is 0 Å². The topological polar surface area (TPSA) is 6.48 Å². The maximum atomic E-state index is 13.2. The van der Waals surface area contributed by atoms with E-state index in [0.717, 1.165) is 6.54 Å². The minimum absolute atomic E-state index is 0.261. The molecule has 88 valence electrons. The molecule has 0 N–H and O–H groups in total. The van der Waals surface area contributed by atoms with E-state index in [9.17, 15) is 13.2 Å². The third kappa shape index (κ3) is 2.95. The summed E-state index contributed by atoms with van der Waals surface area (Å²) in [4.78, 5) is 3.64. The molecule has 1 fully saturated rings. The minimum Gasteiger partial charge on any atom is -0.298 e. The predicted octanol–water partition coefficient (Wildman–Crippen LogP) is 2.09. The number of rotatable bonds is 2. The minimum atomic E-state index is -2.20. The van der Waals surface area contributed by atoms with E-state index in [1.54, 1.807) is 11.9 Å². The molecule has 15 heavy (non-hydrogen) atoms. The van der Waals surface area contributed by atoms with Crippen molar-refractivity contribution < 1.29 is 13.2 Å². The van der Waals surface area contributed by atoms with Crippen molar-refractivity contribution in [2.45, 2.75) is 25.9 Å². The fourth-order valence-electron chi connectivity index (χ4n) is 1.76. The summed E-state index contributed by atoms with van der Waals surface area (Å²) in [7, 11) is 1.67. The van der Waals surface area contributed by atoms with Crippen LogP contribution in [0.3, 0.4) is 0 Å². The second-order valence-corrected chi connectivity index (χ2v) is 4.19. The van der Waals surface area contributed by atoms with Crippen molar-refractivity contribution in [3.05, 3.63) is 11.9 Å². The van der Waals surface area contributed by atoms with Gasteiger partial charge in [0.15, 0.2) is 5.83 Å². The Hall–Kier alpha value is -0.550. The van der Waals surface area contributed by atoms with Crippen molar-refractivity contribution in [2.24, 2.45) is 0 Å². The summed E-state index contributed by atoms with van der Waals surface area (Å²) in [6.45, 7) is 5.71. The third-order valence-corrected chi connectivity index (χ3v) is 2.88. The van der Waals surface area contributed by atoms with E-state index < -0.39 is 17.9 Å². The zero-order chi connectivity index (χ0) is 11.6. The first-order chi connectivity index (χ1) is 6.93. The zero-order valence-corrected chi connectivity index (χ0v) is 9.30. The highest BCUT2D eigenvalue weighted by Crippen LogP contribution is 2.22. The second-order valence-electron chi connectivity index (χ2n) is 4.19. The molecule has 0 aliphatic carbocycles. The molecule has 0 aromatic rings. The Balaban J connectivity index is 2.74. The maximum absolute atomic E-state index is 13.2. The molecule has 0 radical (unpaired) electrons. The van der Waals surface area contributed by atoms with Crippen LogP contribution in [0.2, 0.25) is 0 Å². The van der Waals surface area contributed by atoms with Gasteiger partial charge in [0.05, 0.1) is 6.04 Å². The molecule has 0 amide bonds. The highest BCUT2D eigenvalue weighted by molar-refractivity contribution is 5.06. The smallest absolute Gasteiger partial charge is 0.298 e. The van der Waals surface area contributed by atoms with Crippen molar-refractivity contribution in [3.63, 3.8) is 0 Å². The first-order valence-electron chi connectivity index (χ1n) is 5.08. The Morgan fingerprint density at radius 3 is 2.27 bits per heavy atom. The van der Waals surface area contributed by atoms with Crippen molar-refractivity contribution in [2.75, 3.05) is 26.7 Å². The third-order valence-electron chi connectivity index (χ3n) is 2.88. The van der Waals surface area contributed by atoms with Crippen LogP contribution in [-0.2, 0) is 0 Å². The van der Waals surface area contributed by atoms with E-state index in [0.29, 0.717) is 13.1 Å². The molecule has 0 bridgehead atoms. The molecular weight excluding hydrogens is 205 g/mol. The summed E-state index contributed by atoms with van der Waals surface area (Å²) in [5, 5.41) is 0. The lowest BCUT2D eigenvalue weighted by atomic mass is 10.1. The molecule has 0 aromatic carbocycles. The van der Waals surface area contributed by atoms with E-state index in [4.69, 9.17) is 0 Å². The normalized spacial score (nSPS) is 24.6. The molecule has 0 aromatic heterocycles. The first kappa shape index (κ1) is 12.5. The quantitative estimate of drug-likeness (QED) is 0.706. The molecule has 1 rings (SSSR count). The zero-order valence-electron chi connectivity index (χ0n) is 9.30. The van der Waals surface area contributed by atoms with Crippen molar-refractivity contribution >= 4 is 0 Å². The summed E-state index contributed by atoms with van der Waals surface area (Å²) in [6.07, 6.45) is -2.20. The predicted molar refractivity (Wildman–Crippen MR) is 53.5 cm³/mol. The van der Waals surface area contributed by atoms with Gasteiger partial charge in [-0.2, -0.15) is 8.78 Å². The summed E-state index contributed by atoms with van der Waals surface area (Å²) >= 11 is 0. The van der Waals surface area contributed by atoms with Gasteiger partial charge >= 0.3 is 6.08 Å². The molecule has 1 unspecified atom stereocenters. The van der Waals surface area contributed by atoms with Crippen molar-refractivity contribution in [1.29, 1.82) is 0 Å². The van der Waals surface area contributed by atoms with Crippen LogP contribution in [-0.4, -0.2) is 48.6 Å². The first-order valence-corrected chi connectivity index (χ1v) is 5.08. The summed E-state index contributed by atoms with van der Waals surface area (Å²) in [5.74, 6) is -1.29.